The number of carboxylic acid groups (broad SMARTS) is 1. The second-order valence-corrected chi connectivity index (χ2v) is 6.28. The molecule has 1 aromatic rings. The summed E-state index contributed by atoms with van der Waals surface area (Å²) in [6, 6.07) is 0. The first-order valence-electron chi connectivity index (χ1n) is 9.44. The van der Waals surface area contributed by atoms with Crippen molar-refractivity contribution in [2.24, 2.45) is 0 Å². The van der Waals surface area contributed by atoms with E-state index in [0.29, 0.717) is 6.61 Å². The Bertz CT molecular complexity index is 599. The molecule has 0 aliphatic heterocycles. The molecule has 0 aromatic heterocycles. The first-order valence-corrected chi connectivity index (χ1v) is 9.44. The van der Waals surface area contributed by atoms with Gasteiger partial charge in [-0.1, -0.05) is 51.9 Å². The number of carboxylic acids is 1. The summed E-state index contributed by atoms with van der Waals surface area (Å²) in [5, 5.41) is 19.8. The van der Waals surface area contributed by atoms with E-state index in [9.17, 15) is 15.0 Å². The minimum absolute atomic E-state index is 0.0458. The Kier molecular flexibility index (Phi) is 10.2. The maximum absolute atomic E-state index is 11.6. The number of rotatable bonds is 14. The van der Waals surface area contributed by atoms with Crippen LogP contribution in [0.1, 0.15) is 68.6 Å². The Labute approximate surface area is 161 Å². The number of aromatic hydroxyl groups is 1. The number of hydrogen-bond acceptors (Lipinski definition) is 6. The smallest absolute Gasteiger partial charge is 0.343 e. The van der Waals surface area contributed by atoms with Gasteiger partial charge in [0.05, 0.1) is 27.9 Å². The largest absolute Gasteiger partial charge is 0.503 e. The maximum atomic E-state index is 11.6. The molecule has 0 aliphatic rings. The molecule has 0 saturated carbocycles. The second kappa shape index (κ2) is 12.1. The van der Waals surface area contributed by atoms with Crippen molar-refractivity contribution >= 4 is 5.97 Å². The van der Waals surface area contributed by atoms with Gasteiger partial charge in [0.15, 0.2) is 17.1 Å². The highest BCUT2D eigenvalue weighted by atomic mass is 16.6. The molecule has 0 fully saturated rings. The van der Waals surface area contributed by atoms with Crippen LogP contribution < -0.4 is 18.9 Å². The third kappa shape index (κ3) is 6.12. The number of methoxy groups -OCH3 is 3. The summed E-state index contributed by atoms with van der Waals surface area (Å²) in [6.07, 6.45) is 9.19. The van der Waals surface area contributed by atoms with E-state index in [4.69, 9.17) is 18.9 Å². The van der Waals surface area contributed by atoms with Crippen LogP contribution in [0.2, 0.25) is 0 Å². The predicted molar refractivity (Wildman–Crippen MR) is 103 cm³/mol. The van der Waals surface area contributed by atoms with Gasteiger partial charge >= 0.3 is 5.97 Å². The molecule has 2 N–H and O–H groups in total. The lowest BCUT2D eigenvalue weighted by Gasteiger charge is -2.19. The van der Waals surface area contributed by atoms with Gasteiger partial charge in [-0.15, -0.1) is 0 Å². The number of carbonyl (C=O) groups is 1. The van der Waals surface area contributed by atoms with Crippen molar-refractivity contribution in [2.45, 2.75) is 58.3 Å². The van der Waals surface area contributed by atoms with Crippen molar-refractivity contribution < 1.29 is 34.0 Å². The number of phenols is 1. The van der Waals surface area contributed by atoms with E-state index in [1.54, 1.807) is 0 Å². The molecule has 27 heavy (non-hydrogen) atoms. The summed E-state index contributed by atoms with van der Waals surface area (Å²) in [5.41, 5.74) is -0.416. The Morgan fingerprint density at radius 3 is 1.74 bits per heavy atom. The quantitative estimate of drug-likeness (QED) is 0.451. The summed E-state index contributed by atoms with van der Waals surface area (Å²) >= 11 is 0. The number of aromatic carboxylic acids is 1. The number of hydrogen-bond donors (Lipinski definition) is 2. The Balaban J connectivity index is 2.79. The summed E-state index contributed by atoms with van der Waals surface area (Å²) in [5.74, 6) is -1.86. The lowest BCUT2D eigenvalue weighted by Crippen LogP contribution is -2.08. The molecule has 1 rings (SSSR count). The van der Waals surface area contributed by atoms with Crippen LogP contribution in [-0.2, 0) is 0 Å². The SMILES string of the molecule is CCCCCCCCCCOc1c(O)c(C(=O)O)c(OC)c(OC)c1OC. The second-order valence-electron chi connectivity index (χ2n) is 6.28. The van der Waals surface area contributed by atoms with Crippen LogP contribution in [0.4, 0.5) is 0 Å². The van der Waals surface area contributed by atoms with E-state index in [1.807, 2.05) is 0 Å². The molecule has 0 unspecified atom stereocenters. The molecule has 154 valence electrons. The van der Waals surface area contributed by atoms with Crippen molar-refractivity contribution in [3.8, 4) is 28.7 Å². The Hall–Kier alpha value is -2.31. The molecule has 0 saturated heterocycles. The predicted octanol–water partition coefficient (Wildman–Crippen LogP) is 4.64. The monoisotopic (exact) mass is 384 g/mol. The van der Waals surface area contributed by atoms with Gasteiger partial charge in [-0.25, -0.2) is 4.79 Å². The van der Waals surface area contributed by atoms with Gasteiger partial charge in [0, 0.05) is 0 Å². The van der Waals surface area contributed by atoms with Gasteiger partial charge in [-0.3, -0.25) is 0 Å². The average Bonchev–Trinajstić information content (AvgIpc) is 2.66. The molecular formula is C20H32O7. The lowest BCUT2D eigenvalue weighted by atomic mass is 10.1. The van der Waals surface area contributed by atoms with Gasteiger partial charge in [-0.2, -0.15) is 0 Å². The summed E-state index contributed by atoms with van der Waals surface area (Å²) in [7, 11) is 4.05. The molecule has 0 heterocycles. The minimum Gasteiger partial charge on any atom is -0.503 e. The molecule has 0 spiro atoms. The third-order valence-electron chi connectivity index (χ3n) is 4.37. The van der Waals surface area contributed by atoms with Crippen molar-refractivity contribution in [2.75, 3.05) is 27.9 Å². The van der Waals surface area contributed by atoms with E-state index in [2.05, 4.69) is 6.92 Å². The van der Waals surface area contributed by atoms with Crippen LogP contribution in [0.3, 0.4) is 0 Å². The van der Waals surface area contributed by atoms with E-state index >= 15 is 0 Å². The minimum atomic E-state index is -1.35. The molecular weight excluding hydrogens is 352 g/mol. The highest BCUT2D eigenvalue weighted by Gasteiger charge is 2.31. The maximum Gasteiger partial charge on any atom is 0.343 e. The van der Waals surface area contributed by atoms with Gasteiger partial charge in [0.25, 0.3) is 0 Å². The zero-order chi connectivity index (χ0) is 20.2. The first-order chi connectivity index (χ1) is 13.0. The Morgan fingerprint density at radius 1 is 0.778 bits per heavy atom. The summed E-state index contributed by atoms with van der Waals surface area (Å²) in [4.78, 5) is 11.6. The number of unbranched alkanes of at least 4 members (excludes halogenated alkanes) is 7. The third-order valence-corrected chi connectivity index (χ3v) is 4.37. The van der Waals surface area contributed by atoms with Gasteiger partial charge < -0.3 is 29.2 Å². The fourth-order valence-corrected chi connectivity index (χ4v) is 2.96. The van der Waals surface area contributed by atoms with E-state index in [1.165, 1.54) is 53.4 Å². The molecule has 1 aromatic carbocycles. The molecule has 7 heteroatoms. The zero-order valence-electron chi connectivity index (χ0n) is 16.8. The number of ether oxygens (including phenoxy) is 4. The number of benzene rings is 1. The van der Waals surface area contributed by atoms with Crippen LogP contribution in [0.25, 0.3) is 0 Å². The molecule has 7 nitrogen and oxygen atoms in total. The molecule has 0 radical (unpaired) electrons. The van der Waals surface area contributed by atoms with E-state index in [0.717, 1.165) is 19.3 Å². The molecule has 0 amide bonds. The highest BCUT2D eigenvalue weighted by Crippen LogP contribution is 2.53. The van der Waals surface area contributed by atoms with E-state index in [-0.39, 0.29) is 23.0 Å². The van der Waals surface area contributed by atoms with Crippen molar-refractivity contribution in [3.63, 3.8) is 0 Å². The van der Waals surface area contributed by atoms with Crippen molar-refractivity contribution in [1.82, 2.24) is 0 Å². The Morgan fingerprint density at radius 2 is 1.26 bits per heavy atom. The lowest BCUT2D eigenvalue weighted by molar-refractivity contribution is 0.0687. The fourth-order valence-electron chi connectivity index (χ4n) is 2.96. The molecule has 0 atom stereocenters. The van der Waals surface area contributed by atoms with Crippen LogP contribution >= 0.6 is 0 Å². The fraction of sp³-hybridized carbons (Fsp3) is 0.650. The van der Waals surface area contributed by atoms with Crippen LogP contribution in [0, 0.1) is 0 Å². The molecule has 0 aliphatic carbocycles. The van der Waals surface area contributed by atoms with Gasteiger partial charge in [0.1, 0.15) is 0 Å². The summed E-state index contributed by atoms with van der Waals surface area (Å²) in [6.45, 7) is 2.54. The zero-order valence-corrected chi connectivity index (χ0v) is 16.8. The van der Waals surface area contributed by atoms with Crippen molar-refractivity contribution in [3.05, 3.63) is 5.56 Å². The van der Waals surface area contributed by atoms with Crippen LogP contribution in [0.5, 0.6) is 28.7 Å². The molecule has 0 bridgehead atoms. The topological polar surface area (TPSA) is 94.5 Å². The van der Waals surface area contributed by atoms with Gasteiger partial charge in [0.2, 0.25) is 17.2 Å². The average molecular weight is 384 g/mol. The van der Waals surface area contributed by atoms with Crippen LogP contribution in [-0.4, -0.2) is 44.1 Å². The van der Waals surface area contributed by atoms with E-state index < -0.39 is 17.3 Å². The summed E-state index contributed by atoms with van der Waals surface area (Å²) < 4.78 is 21.3. The first kappa shape index (κ1) is 22.7. The van der Waals surface area contributed by atoms with Crippen LogP contribution in [0.15, 0.2) is 0 Å². The normalized spacial score (nSPS) is 10.5. The van der Waals surface area contributed by atoms with Crippen molar-refractivity contribution in [1.29, 1.82) is 0 Å². The standard InChI is InChI=1S/C20H32O7/c1-5-6-7-8-9-10-11-12-13-27-17-15(21)14(20(22)23)16(24-2)18(25-3)19(17)26-4/h21H,5-13H2,1-4H3,(H,22,23). The van der Waals surface area contributed by atoms with Gasteiger partial charge in [-0.05, 0) is 6.42 Å². The highest BCUT2D eigenvalue weighted by molar-refractivity contribution is 5.97.